The Labute approximate surface area is 165 Å². The number of carbonyl (C=O) groups excluding carboxylic acids is 1. The molecule has 0 saturated heterocycles. The first-order valence-corrected chi connectivity index (χ1v) is 9.33. The van der Waals surface area contributed by atoms with Gasteiger partial charge in [0.25, 0.3) is 5.91 Å². The highest BCUT2D eigenvalue weighted by molar-refractivity contribution is 5.99. The van der Waals surface area contributed by atoms with E-state index in [4.69, 9.17) is 4.74 Å². The second-order valence-electron chi connectivity index (χ2n) is 6.56. The van der Waals surface area contributed by atoms with Gasteiger partial charge in [0.2, 0.25) is 0 Å². The highest BCUT2D eigenvalue weighted by Gasteiger charge is 2.24. The molecule has 144 valence electrons. The molecule has 1 amide bonds. The Morgan fingerprint density at radius 2 is 1.79 bits per heavy atom. The molecule has 3 aromatic rings. The third-order valence-corrected chi connectivity index (χ3v) is 4.44. The van der Waals surface area contributed by atoms with E-state index in [0.29, 0.717) is 24.9 Å². The molecule has 0 aliphatic heterocycles. The van der Waals surface area contributed by atoms with Crippen LogP contribution in [0.5, 0.6) is 6.01 Å². The van der Waals surface area contributed by atoms with Crippen molar-refractivity contribution in [1.82, 2.24) is 19.9 Å². The fourth-order valence-corrected chi connectivity index (χ4v) is 2.96. The smallest absolute Gasteiger partial charge is 0.316 e. The molecule has 6 heteroatoms. The summed E-state index contributed by atoms with van der Waals surface area (Å²) in [7, 11) is 0. The lowest BCUT2D eigenvalue weighted by Crippen LogP contribution is -2.42. The normalized spacial score (nSPS) is 11.7. The molecule has 0 fully saturated rings. The molecule has 3 rings (SSSR count). The monoisotopic (exact) mass is 376 g/mol. The summed E-state index contributed by atoms with van der Waals surface area (Å²) in [5.41, 5.74) is 3.19. The number of carbonyl (C=O) groups is 1. The van der Waals surface area contributed by atoms with Crippen LogP contribution >= 0.6 is 0 Å². The summed E-state index contributed by atoms with van der Waals surface area (Å²) in [5.74, 6) is -0.122. The lowest BCUT2D eigenvalue weighted by atomic mass is 10.0. The number of benzene rings is 1. The maximum Gasteiger partial charge on any atom is 0.316 e. The first kappa shape index (κ1) is 19.5. The molecule has 28 heavy (non-hydrogen) atoms. The Morgan fingerprint density at radius 3 is 2.46 bits per heavy atom. The lowest BCUT2D eigenvalue weighted by Gasteiger charge is -2.28. The van der Waals surface area contributed by atoms with E-state index < -0.39 is 0 Å². The number of hydrogen-bond acceptors (Lipinski definition) is 5. The summed E-state index contributed by atoms with van der Waals surface area (Å²) in [6.45, 7) is 6.66. The molecule has 1 atom stereocenters. The zero-order chi connectivity index (χ0) is 19.9. The van der Waals surface area contributed by atoms with Crippen molar-refractivity contribution < 1.29 is 9.53 Å². The Balaban J connectivity index is 1.77. The summed E-state index contributed by atoms with van der Waals surface area (Å²) in [4.78, 5) is 27.7. The molecule has 0 spiro atoms. The van der Waals surface area contributed by atoms with E-state index in [0.717, 1.165) is 16.7 Å². The predicted octanol–water partition coefficient (Wildman–Crippen LogP) is 3.78. The van der Waals surface area contributed by atoms with Gasteiger partial charge in [-0.15, -0.1) is 0 Å². The number of pyridine rings is 1. The molecule has 0 unspecified atom stereocenters. The summed E-state index contributed by atoms with van der Waals surface area (Å²) < 4.78 is 5.67. The van der Waals surface area contributed by atoms with Gasteiger partial charge in [-0.2, -0.15) is 0 Å². The molecular formula is C22H24N4O2. The lowest BCUT2D eigenvalue weighted by molar-refractivity contribution is 0.0638. The average molecular weight is 376 g/mol. The first-order valence-electron chi connectivity index (χ1n) is 9.33. The van der Waals surface area contributed by atoms with Crippen LogP contribution in [0.4, 0.5) is 0 Å². The van der Waals surface area contributed by atoms with Gasteiger partial charge < -0.3 is 9.64 Å². The Kier molecular flexibility index (Phi) is 6.32. The third kappa shape index (κ3) is 4.52. The first-order chi connectivity index (χ1) is 13.6. The fraction of sp³-hybridized carbons (Fsp3) is 0.273. The Hall–Kier alpha value is -3.28. The molecule has 0 saturated carbocycles. The van der Waals surface area contributed by atoms with Crippen molar-refractivity contribution in [2.75, 3.05) is 13.2 Å². The van der Waals surface area contributed by atoms with Gasteiger partial charge in [0, 0.05) is 30.7 Å². The van der Waals surface area contributed by atoms with Crippen molar-refractivity contribution in [1.29, 1.82) is 0 Å². The van der Waals surface area contributed by atoms with Crippen LogP contribution in [-0.4, -0.2) is 45.0 Å². The highest BCUT2D eigenvalue weighted by atomic mass is 16.5. The van der Waals surface area contributed by atoms with Gasteiger partial charge in [-0.25, -0.2) is 9.97 Å². The van der Waals surface area contributed by atoms with Crippen LogP contribution in [0, 0.1) is 6.92 Å². The van der Waals surface area contributed by atoms with Crippen molar-refractivity contribution in [3.8, 4) is 17.1 Å². The van der Waals surface area contributed by atoms with Crippen LogP contribution < -0.4 is 4.74 Å². The summed E-state index contributed by atoms with van der Waals surface area (Å²) in [6.07, 6.45) is 5.06. The van der Waals surface area contributed by atoms with Gasteiger partial charge in [0.05, 0.1) is 6.04 Å². The third-order valence-electron chi connectivity index (χ3n) is 4.44. The molecule has 0 aliphatic carbocycles. The van der Waals surface area contributed by atoms with Gasteiger partial charge in [-0.05, 0) is 38.0 Å². The number of aryl methyl sites for hydroxylation is 1. The quantitative estimate of drug-likeness (QED) is 0.628. The Bertz CT molecular complexity index is 913. The second-order valence-corrected chi connectivity index (χ2v) is 6.56. The standard InChI is InChI=1S/C22H24N4O2/c1-4-26(17(3)15-28-22-24-13-16(2)14-25-22)21(27)20-19(11-8-12-23-20)18-9-6-5-7-10-18/h5-14,17H,4,15H2,1-3H3/t17-/m0/s1. The average Bonchev–Trinajstić information content (AvgIpc) is 2.74. The molecule has 0 radical (unpaired) electrons. The van der Waals surface area contributed by atoms with Gasteiger partial charge in [-0.1, -0.05) is 36.4 Å². The topological polar surface area (TPSA) is 68.2 Å². The van der Waals surface area contributed by atoms with Crippen molar-refractivity contribution >= 4 is 5.91 Å². The van der Waals surface area contributed by atoms with Crippen molar-refractivity contribution in [2.24, 2.45) is 0 Å². The number of nitrogens with zero attached hydrogens (tertiary/aromatic N) is 4. The SMILES string of the molecule is CCN(C(=O)c1ncccc1-c1ccccc1)[C@@H](C)COc1ncc(C)cn1. The summed E-state index contributed by atoms with van der Waals surface area (Å²) in [6, 6.07) is 13.7. The van der Waals surface area contributed by atoms with E-state index in [9.17, 15) is 4.79 Å². The van der Waals surface area contributed by atoms with E-state index in [1.54, 1.807) is 23.5 Å². The molecular weight excluding hydrogens is 352 g/mol. The zero-order valence-corrected chi connectivity index (χ0v) is 16.4. The van der Waals surface area contributed by atoms with Crippen LogP contribution in [0.25, 0.3) is 11.1 Å². The fourth-order valence-electron chi connectivity index (χ4n) is 2.96. The van der Waals surface area contributed by atoms with Crippen molar-refractivity contribution in [3.05, 3.63) is 72.3 Å². The van der Waals surface area contributed by atoms with Crippen LogP contribution in [0.1, 0.15) is 29.9 Å². The molecule has 0 bridgehead atoms. The molecule has 1 aromatic carbocycles. The van der Waals surface area contributed by atoms with Crippen molar-refractivity contribution in [3.63, 3.8) is 0 Å². The number of amides is 1. The van der Waals surface area contributed by atoms with Gasteiger partial charge >= 0.3 is 6.01 Å². The molecule has 0 aliphatic rings. The predicted molar refractivity (Wildman–Crippen MR) is 108 cm³/mol. The highest BCUT2D eigenvalue weighted by Crippen LogP contribution is 2.23. The number of likely N-dealkylation sites (N-methyl/N-ethyl adjacent to an activating group) is 1. The minimum Gasteiger partial charge on any atom is -0.461 e. The van der Waals surface area contributed by atoms with Crippen LogP contribution in [0.2, 0.25) is 0 Å². The molecule has 0 N–H and O–H groups in total. The van der Waals surface area contributed by atoms with Gasteiger partial charge in [-0.3, -0.25) is 9.78 Å². The van der Waals surface area contributed by atoms with E-state index in [2.05, 4.69) is 15.0 Å². The van der Waals surface area contributed by atoms with Gasteiger partial charge in [0.15, 0.2) is 0 Å². The minimum atomic E-state index is -0.159. The summed E-state index contributed by atoms with van der Waals surface area (Å²) >= 11 is 0. The van der Waals surface area contributed by atoms with E-state index >= 15 is 0 Å². The largest absolute Gasteiger partial charge is 0.461 e. The molecule has 2 aromatic heterocycles. The number of ether oxygens (including phenoxy) is 1. The van der Waals surface area contributed by atoms with E-state index in [1.807, 2.05) is 63.2 Å². The van der Waals surface area contributed by atoms with Crippen LogP contribution in [-0.2, 0) is 0 Å². The van der Waals surface area contributed by atoms with E-state index in [-0.39, 0.29) is 11.9 Å². The number of aromatic nitrogens is 3. The number of rotatable bonds is 7. The maximum atomic E-state index is 13.2. The molecule has 6 nitrogen and oxygen atoms in total. The van der Waals surface area contributed by atoms with Crippen LogP contribution in [0.15, 0.2) is 61.1 Å². The second kappa shape index (κ2) is 9.08. The van der Waals surface area contributed by atoms with Crippen molar-refractivity contribution in [2.45, 2.75) is 26.8 Å². The zero-order valence-electron chi connectivity index (χ0n) is 16.4. The maximum absolute atomic E-state index is 13.2. The Morgan fingerprint density at radius 1 is 1.07 bits per heavy atom. The van der Waals surface area contributed by atoms with Gasteiger partial charge in [0.1, 0.15) is 12.3 Å². The minimum absolute atomic E-state index is 0.122. The summed E-state index contributed by atoms with van der Waals surface area (Å²) in [5, 5.41) is 0. The number of hydrogen-bond donors (Lipinski definition) is 0. The van der Waals surface area contributed by atoms with Crippen LogP contribution in [0.3, 0.4) is 0 Å². The molecule has 2 heterocycles. The van der Waals surface area contributed by atoms with E-state index in [1.165, 1.54) is 0 Å².